The van der Waals surface area contributed by atoms with Gasteiger partial charge in [0, 0.05) is 11.8 Å². The standard InChI is InChI=1S/C16H16O2/c1-2-18-15(17)16(12-8-4-3-5-9-12)13-10-6-7-11-14(13)16/h3-11,13-14H,2H2,1H3. The van der Waals surface area contributed by atoms with E-state index in [-0.39, 0.29) is 17.8 Å². The van der Waals surface area contributed by atoms with E-state index in [4.69, 9.17) is 4.74 Å². The highest BCUT2D eigenvalue weighted by Gasteiger charge is 2.69. The summed E-state index contributed by atoms with van der Waals surface area (Å²) in [5.41, 5.74) is 0.579. The fraction of sp³-hybridized carbons (Fsp3) is 0.312. The molecular weight excluding hydrogens is 224 g/mol. The van der Waals surface area contributed by atoms with E-state index in [1.807, 2.05) is 49.4 Å². The molecule has 3 rings (SSSR count). The van der Waals surface area contributed by atoms with E-state index in [0.29, 0.717) is 6.61 Å². The molecule has 0 spiro atoms. The Hall–Kier alpha value is -1.83. The molecule has 2 nitrogen and oxygen atoms in total. The lowest BCUT2D eigenvalue weighted by molar-refractivity contribution is -0.146. The van der Waals surface area contributed by atoms with Crippen LogP contribution in [0.4, 0.5) is 0 Å². The molecule has 0 radical (unpaired) electrons. The SMILES string of the molecule is CCOC(=O)C1(c2ccccc2)C2C=CC=CC21. The summed E-state index contributed by atoms with van der Waals surface area (Å²) < 4.78 is 5.31. The largest absolute Gasteiger partial charge is 0.465 e. The molecule has 0 N–H and O–H groups in total. The summed E-state index contributed by atoms with van der Waals surface area (Å²) in [5.74, 6) is 0.412. The number of ether oxygens (including phenoxy) is 1. The Kier molecular flexibility index (Phi) is 2.58. The first-order valence-corrected chi connectivity index (χ1v) is 6.39. The van der Waals surface area contributed by atoms with Crippen LogP contribution in [0.5, 0.6) is 0 Å². The van der Waals surface area contributed by atoms with Gasteiger partial charge < -0.3 is 4.74 Å². The van der Waals surface area contributed by atoms with E-state index in [1.54, 1.807) is 0 Å². The molecule has 2 aliphatic rings. The molecular formula is C16H16O2. The molecule has 2 heteroatoms. The maximum atomic E-state index is 12.4. The first-order chi connectivity index (χ1) is 8.81. The molecule has 0 aromatic heterocycles. The van der Waals surface area contributed by atoms with Gasteiger partial charge in [-0.3, -0.25) is 4.79 Å². The second-order valence-corrected chi connectivity index (χ2v) is 4.78. The number of esters is 1. The zero-order valence-electron chi connectivity index (χ0n) is 10.4. The van der Waals surface area contributed by atoms with Gasteiger partial charge in [-0.25, -0.2) is 0 Å². The maximum absolute atomic E-state index is 12.4. The monoisotopic (exact) mass is 240 g/mol. The molecule has 2 atom stereocenters. The third-order valence-electron chi connectivity index (χ3n) is 3.94. The van der Waals surface area contributed by atoms with Crippen molar-refractivity contribution >= 4 is 5.97 Å². The molecule has 18 heavy (non-hydrogen) atoms. The van der Waals surface area contributed by atoms with E-state index >= 15 is 0 Å². The van der Waals surface area contributed by atoms with Crippen molar-refractivity contribution in [1.82, 2.24) is 0 Å². The molecule has 2 unspecified atom stereocenters. The topological polar surface area (TPSA) is 26.3 Å². The summed E-state index contributed by atoms with van der Waals surface area (Å²) in [6, 6.07) is 9.98. The molecule has 1 aromatic carbocycles. The van der Waals surface area contributed by atoms with Gasteiger partial charge in [-0.05, 0) is 12.5 Å². The highest BCUT2D eigenvalue weighted by Crippen LogP contribution is 2.63. The van der Waals surface area contributed by atoms with Crippen molar-refractivity contribution in [2.24, 2.45) is 11.8 Å². The normalized spacial score (nSPS) is 31.8. The lowest BCUT2D eigenvalue weighted by Gasteiger charge is -2.16. The first-order valence-electron chi connectivity index (χ1n) is 6.39. The van der Waals surface area contributed by atoms with Crippen molar-refractivity contribution in [3.8, 4) is 0 Å². The Morgan fingerprint density at radius 3 is 2.33 bits per heavy atom. The average molecular weight is 240 g/mol. The highest BCUT2D eigenvalue weighted by atomic mass is 16.5. The Labute approximate surface area is 107 Å². The minimum absolute atomic E-state index is 0.0950. The van der Waals surface area contributed by atoms with Crippen LogP contribution in [0.15, 0.2) is 54.6 Å². The van der Waals surface area contributed by atoms with Crippen LogP contribution in [0.1, 0.15) is 12.5 Å². The number of hydrogen-bond donors (Lipinski definition) is 0. The van der Waals surface area contributed by atoms with E-state index in [0.717, 1.165) is 5.56 Å². The predicted molar refractivity (Wildman–Crippen MR) is 70.0 cm³/mol. The van der Waals surface area contributed by atoms with E-state index < -0.39 is 5.41 Å². The summed E-state index contributed by atoms with van der Waals surface area (Å²) in [4.78, 5) is 12.4. The van der Waals surface area contributed by atoms with Crippen molar-refractivity contribution in [2.45, 2.75) is 12.3 Å². The Bertz CT molecular complexity index is 495. The Morgan fingerprint density at radius 1 is 1.17 bits per heavy atom. The third kappa shape index (κ3) is 1.38. The zero-order valence-corrected chi connectivity index (χ0v) is 10.4. The molecule has 1 fully saturated rings. The summed E-state index contributed by atoms with van der Waals surface area (Å²) in [6.45, 7) is 2.29. The van der Waals surface area contributed by atoms with E-state index in [9.17, 15) is 4.79 Å². The molecule has 1 aromatic rings. The minimum atomic E-state index is -0.485. The van der Waals surface area contributed by atoms with Crippen molar-refractivity contribution in [3.05, 3.63) is 60.2 Å². The molecule has 0 aliphatic heterocycles. The second-order valence-electron chi connectivity index (χ2n) is 4.78. The Morgan fingerprint density at radius 2 is 1.78 bits per heavy atom. The number of hydrogen-bond acceptors (Lipinski definition) is 2. The van der Waals surface area contributed by atoms with Gasteiger partial charge in [-0.2, -0.15) is 0 Å². The van der Waals surface area contributed by atoms with Crippen LogP contribution in [0.2, 0.25) is 0 Å². The number of carbonyl (C=O) groups excluding carboxylic acids is 1. The van der Waals surface area contributed by atoms with Gasteiger partial charge >= 0.3 is 5.97 Å². The van der Waals surface area contributed by atoms with Crippen LogP contribution < -0.4 is 0 Å². The lowest BCUT2D eigenvalue weighted by atomic mass is 9.91. The quantitative estimate of drug-likeness (QED) is 0.759. The van der Waals surface area contributed by atoms with E-state index in [1.165, 1.54) is 0 Å². The van der Waals surface area contributed by atoms with Crippen LogP contribution in [0.3, 0.4) is 0 Å². The molecule has 0 heterocycles. The van der Waals surface area contributed by atoms with Crippen molar-refractivity contribution in [1.29, 1.82) is 0 Å². The van der Waals surface area contributed by atoms with Crippen LogP contribution >= 0.6 is 0 Å². The van der Waals surface area contributed by atoms with E-state index in [2.05, 4.69) is 12.2 Å². The lowest BCUT2D eigenvalue weighted by Crippen LogP contribution is -2.26. The maximum Gasteiger partial charge on any atom is 0.317 e. The first kappa shape index (κ1) is 11.3. The number of fused-ring (bicyclic) bond motifs is 1. The average Bonchev–Trinajstić information content (AvgIpc) is 3.10. The van der Waals surface area contributed by atoms with Gasteiger partial charge in [0.1, 0.15) is 5.41 Å². The molecule has 2 aliphatic carbocycles. The molecule has 0 saturated heterocycles. The number of benzene rings is 1. The fourth-order valence-electron chi connectivity index (χ4n) is 3.09. The third-order valence-corrected chi connectivity index (χ3v) is 3.94. The van der Waals surface area contributed by atoms with Gasteiger partial charge in [0.25, 0.3) is 0 Å². The van der Waals surface area contributed by atoms with Crippen LogP contribution in [-0.2, 0) is 14.9 Å². The zero-order chi connectivity index (χ0) is 12.6. The van der Waals surface area contributed by atoms with Crippen LogP contribution in [0, 0.1) is 11.8 Å². The van der Waals surface area contributed by atoms with Gasteiger partial charge in [0.05, 0.1) is 6.61 Å². The second kappa shape index (κ2) is 4.13. The number of allylic oxidation sites excluding steroid dienone is 4. The highest BCUT2D eigenvalue weighted by molar-refractivity contribution is 5.90. The van der Waals surface area contributed by atoms with Crippen molar-refractivity contribution in [2.75, 3.05) is 6.61 Å². The Balaban J connectivity index is 2.04. The summed E-state index contributed by atoms with van der Waals surface area (Å²) in [5, 5.41) is 0. The van der Waals surface area contributed by atoms with Crippen LogP contribution in [-0.4, -0.2) is 12.6 Å². The van der Waals surface area contributed by atoms with Gasteiger partial charge in [-0.1, -0.05) is 54.6 Å². The molecule has 92 valence electrons. The van der Waals surface area contributed by atoms with Gasteiger partial charge in [-0.15, -0.1) is 0 Å². The minimum Gasteiger partial charge on any atom is -0.465 e. The summed E-state index contributed by atoms with van der Waals surface area (Å²) >= 11 is 0. The summed E-state index contributed by atoms with van der Waals surface area (Å²) in [7, 11) is 0. The summed E-state index contributed by atoms with van der Waals surface area (Å²) in [6.07, 6.45) is 8.28. The predicted octanol–water partition coefficient (Wildman–Crippen LogP) is 2.86. The number of rotatable bonds is 3. The molecule has 0 bridgehead atoms. The molecule has 1 saturated carbocycles. The van der Waals surface area contributed by atoms with Crippen molar-refractivity contribution in [3.63, 3.8) is 0 Å². The molecule has 0 amide bonds. The smallest absolute Gasteiger partial charge is 0.317 e. The van der Waals surface area contributed by atoms with Crippen molar-refractivity contribution < 1.29 is 9.53 Å². The van der Waals surface area contributed by atoms with Gasteiger partial charge in [0.15, 0.2) is 0 Å². The fourth-order valence-corrected chi connectivity index (χ4v) is 3.09. The van der Waals surface area contributed by atoms with Crippen LogP contribution in [0.25, 0.3) is 0 Å². The number of carbonyl (C=O) groups is 1. The van der Waals surface area contributed by atoms with Gasteiger partial charge in [0.2, 0.25) is 0 Å².